The molecule has 1 atom stereocenters. The van der Waals surface area contributed by atoms with Gasteiger partial charge in [-0.05, 0) is 48.4 Å². The Morgan fingerprint density at radius 1 is 1.25 bits per heavy atom. The summed E-state index contributed by atoms with van der Waals surface area (Å²) in [6.45, 7) is 3.73. The first-order chi connectivity index (χ1) is 13.4. The number of sulfonamides is 1. The molecule has 2 aromatic rings. The highest BCUT2D eigenvalue weighted by molar-refractivity contribution is 7.92. The summed E-state index contributed by atoms with van der Waals surface area (Å²) in [5, 5.41) is 5.13. The second kappa shape index (κ2) is 9.54. The Hall–Kier alpha value is -1.90. The second-order valence-corrected chi connectivity index (χ2v) is 10.1. The van der Waals surface area contributed by atoms with Crippen molar-refractivity contribution >= 4 is 33.0 Å². The SMILES string of the molecule is CS(=O)(=O)Nc1ccccc1CC(=O)NCC1CCCN(Cc2cccs2)C1. The van der Waals surface area contributed by atoms with E-state index in [0.29, 0.717) is 23.7 Å². The van der Waals surface area contributed by atoms with Gasteiger partial charge in [0.1, 0.15) is 0 Å². The summed E-state index contributed by atoms with van der Waals surface area (Å²) in [6.07, 6.45) is 3.53. The summed E-state index contributed by atoms with van der Waals surface area (Å²) in [6, 6.07) is 11.2. The highest BCUT2D eigenvalue weighted by Crippen LogP contribution is 2.20. The van der Waals surface area contributed by atoms with Gasteiger partial charge in [0, 0.05) is 24.5 Å². The first-order valence-corrected chi connectivity index (χ1v) is 12.2. The van der Waals surface area contributed by atoms with Gasteiger partial charge in [-0.3, -0.25) is 14.4 Å². The van der Waals surface area contributed by atoms with Gasteiger partial charge in [-0.2, -0.15) is 0 Å². The number of hydrogen-bond donors (Lipinski definition) is 2. The Kier molecular flexibility index (Phi) is 7.09. The fraction of sp³-hybridized carbons (Fsp3) is 0.450. The molecule has 0 aliphatic carbocycles. The maximum atomic E-state index is 12.4. The van der Waals surface area contributed by atoms with E-state index in [1.54, 1.807) is 35.6 Å². The molecule has 1 aromatic carbocycles. The Labute approximate surface area is 171 Å². The smallest absolute Gasteiger partial charge is 0.229 e. The number of thiophene rings is 1. The van der Waals surface area contributed by atoms with Gasteiger partial charge in [-0.1, -0.05) is 24.3 Å². The van der Waals surface area contributed by atoms with Crippen molar-refractivity contribution in [3.63, 3.8) is 0 Å². The van der Waals surface area contributed by atoms with E-state index in [1.165, 1.54) is 4.88 Å². The van der Waals surface area contributed by atoms with Gasteiger partial charge >= 0.3 is 0 Å². The number of anilines is 1. The molecular weight excluding hydrogens is 394 g/mol. The topological polar surface area (TPSA) is 78.5 Å². The van der Waals surface area contributed by atoms with E-state index in [9.17, 15) is 13.2 Å². The molecule has 1 aliphatic rings. The molecule has 3 rings (SSSR count). The van der Waals surface area contributed by atoms with Crippen LogP contribution in [0.15, 0.2) is 41.8 Å². The average Bonchev–Trinajstić information content (AvgIpc) is 3.14. The van der Waals surface area contributed by atoms with Crippen LogP contribution in [0.4, 0.5) is 5.69 Å². The Morgan fingerprint density at radius 3 is 2.82 bits per heavy atom. The third kappa shape index (κ3) is 6.61. The molecule has 28 heavy (non-hydrogen) atoms. The fourth-order valence-electron chi connectivity index (χ4n) is 3.55. The number of piperidine rings is 1. The lowest BCUT2D eigenvalue weighted by Gasteiger charge is -2.32. The zero-order chi connectivity index (χ0) is 20.0. The minimum atomic E-state index is -3.38. The number of benzene rings is 1. The maximum Gasteiger partial charge on any atom is 0.229 e. The highest BCUT2D eigenvalue weighted by atomic mass is 32.2. The van der Waals surface area contributed by atoms with Crippen molar-refractivity contribution in [3.8, 4) is 0 Å². The minimum absolute atomic E-state index is 0.0851. The van der Waals surface area contributed by atoms with Gasteiger partial charge < -0.3 is 5.32 Å². The molecule has 1 aliphatic heterocycles. The number of carbonyl (C=O) groups excluding carboxylic acids is 1. The van der Waals surface area contributed by atoms with Crippen LogP contribution in [0, 0.1) is 5.92 Å². The zero-order valence-electron chi connectivity index (χ0n) is 16.1. The largest absolute Gasteiger partial charge is 0.355 e. The van der Waals surface area contributed by atoms with Gasteiger partial charge in [0.25, 0.3) is 0 Å². The number of nitrogens with one attached hydrogen (secondary N) is 2. The number of para-hydroxylation sites is 1. The first-order valence-electron chi connectivity index (χ1n) is 9.46. The molecule has 0 spiro atoms. The van der Waals surface area contributed by atoms with E-state index in [4.69, 9.17) is 0 Å². The first kappa shape index (κ1) is 20.8. The average molecular weight is 422 g/mol. The van der Waals surface area contributed by atoms with E-state index in [2.05, 4.69) is 32.5 Å². The zero-order valence-corrected chi connectivity index (χ0v) is 17.7. The quantitative estimate of drug-likeness (QED) is 0.687. The number of nitrogens with zero attached hydrogens (tertiary/aromatic N) is 1. The van der Waals surface area contributed by atoms with Gasteiger partial charge in [0.15, 0.2) is 0 Å². The predicted octanol–water partition coefficient (Wildman–Crippen LogP) is 2.69. The summed E-state index contributed by atoms with van der Waals surface area (Å²) in [4.78, 5) is 16.2. The summed E-state index contributed by atoms with van der Waals surface area (Å²) >= 11 is 1.78. The van der Waals surface area contributed by atoms with Crippen LogP contribution in [0.5, 0.6) is 0 Å². The standard InChI is InChI=1S/C20H27N3O3S2/c1-28(25,26)22-19-9-3-2-7-17(19)12-20(24)21-13-16-6-4-10-23(14-16)15-18-8-5-11-27-18/h2-3,5,7-9,11,16,22H,4,6,10,12-15H2,1H3,(H,21,24). The van der Waals surface area contributed by atoms with Crippen LogP contribution in [0.25, 0.3) is 0 Å². The molecule has 0 bridgehead atoms. The minimum Gasteiger partial charge on any atom is -0.355 e. The van der Waals surface area contributed by atoms with Crippen molar-refractivity contribution in [1.29, 1.82) is 0 Å². The Morgan fingerprint density at radius 2 is 2.07 bits per heavy atom. The molecule has 0 saturated carbocycles. The molecule has 2 N–H and O–H groups in total. The van der Waals surface area contributed by atoms with E-state index in [0.717, 1.165) is 38.7 Å². The van der Waals surface area contributed by atoms with E-state index >= 15 is 0 Å². The van der Waals surface area contributed by atoms with E-state index < -0.39 is 10.0 Å². The van der Waals surface area contributed by atoms with Crippen molar-refractivity contribution < 1.29 is 13.2 Å². The highest BCUT2D eigenvalue weighted by Gasteiger charge is 2.21. The summed E-state index contributed by atoms with van der Waals surface area (Å²) < 4.78 is 25.5. The van der Waals surface area contributed by atoms with Gasteiger partial charge in [0.05, 0.1) is 18.4 Å². The molecule has 0 radical (unpaired) electrons. The number of hydrogen-bond acceptors (Lipinski definition) is 5. The van der Waals surface area contributed by atoms with Gasteiger partial charge in [0.2, 0.25) is 15.9 Å². The molecule has 1 fully saturated rings. The summed E-state index contributed by atoms with van der Waals surface area (Å²) in [5.41, 5.74) is 1.13. The normalized spacial score (nSPS) is 18.0. The molecule has 8 heteroatoms. The lowest BCUT2D eigenvalue weighted by molar-refractivity contribution is -0.120. The lowest BCUT2D eigenvalue weighted by atomic mass is 9.97. The van der Waals surface area contributed by atoms with Gasteiger partial charge in [-0.15, -0.1) is 11.3 Å². The van der Waals surface area contributed by atoms with Crippen molar-refractivity contribution in [3.05, 3.63) is 52.2 Å². The predicted molar refractivity (Wildman–Crippen MR) is 114 cm³/mol. The number of amides is 1. The number of rotatable bonds is 8. The second-order valence-electron chi connectivity index (χ2n) is 7.33. The third-order valence-electron chi connectivity index (χ3n) is 4.81. The molecule has 1 aromatic heterocycles. The summed E-state index contributed by atoms with van der Waals surface area (Å²) in [7, 11) is -3.38. The number of likely N-dealkylation sites (tertiary alicyclic amines) is 1. The van der Waals surface area contributed by atoms with Crippen molar-refractivity contribution in [1.82, 2.24) is 10.2 Å². The number of carbonyl (C=O) groups is 1. The molecule has 152 valence electrons. The maximum absolute atomic E-state index is 12.4. The van der Waals surface area contributed by atoms with E-state index in [1.807, 2.05) is 0 Å². The van der Waals surface area contributed by atoms with Gasteiger partial charge in [-0.25, -0.2) is 8.42 Å². The van der Waals surface area contributed by atoms with Crippen molar-refractivity contribution in [2.24, 2.45) is 5.92 Å². The lowest BCUT2D eigenvalue weighted by Crippen LogP contribution is -2.40. The van der Waals surface area contributed by atoms with Crippen molar-refractivity contribution in [2.45, 2.75) is 25.8 Å². The molecule has 1 amide bonds. The Bertz CT molecular complexity index is 882. The van der Waals surface area contributed by atoms with Crippen LogP contribution < -0.4 is 10.0 Å². The van der Waals surface area contributed by atoms with Crippen molar-refractivity contribution in [2.75, 3.05) is 30.6 Å². The van der Waals surface area contributed by atoms with E-state index in [-0.39, 0.29) is 12.3 Å². The summed E-state index contributed by atoms with van der Waals surface area (Å²) in [5.74, 6) is 0.361. The van der Waals surface area contributed by atoms with Crippen LogP contribution in [0.3, 0.4) is 0 Å². The van der Waals surface area contributed by atoms with Crippen LogP contribution >= 0.6 is 11.3 Å². The molecule has 2 heterocycles. The van der Waals surface area contributed by atoms with Crippen LogP contribution in [-0.2, 0) is 27.8 Å². The molecule has 1 saturated heterocycles. The monoisotopic (exact) mass is 421 g/mol. The van der Waals surface area contributed by atoms with Crippen LogP contribution in [-0.4, -0.2) is 45.1 Å². The Balaban J connectivity index is 1.49. The molecule has 6 nitrogen and oxygen atoms in total. The van der Waals surface area contributed by atoms with Crippen LogP contribution in [0.2, 0.25) is 0 Å². The fourth-order valence-corrected chi connectivity index (χ4v) is 4.90. The molecular formula is C20H27N3O3S2. The van der Waals surface area contributed by atoms with Crippen LogP contribution in [0.1, 0.15) is 23.3 Å². The molecule has 1 unspecified atom stereocenters. The third-order valence-corrected chi connectivity index (χ3v) is 6.27.